The molecule has 0 radical (unpaired) electrons. The molecule has 2 heterocycles. The molecule has 56 heavy (non-hydrogen) atoms. The van der Waals surface area contributed by atoms with E-state index < -0.39 is 34.6 Å². The topological polar surface area (TPSA) is 8.17 Å². The maximum atomic E-state index is 14.8. The summed E-state index contributed by atoms with van der Waals surface area (Å²) in [5, 5.41) is 4.60. The number of rotatable bonds is 6. The molecular weight excluding hydrogens is 732 g/mol. The van der Waals surface area contributed by atoms with Gasteiger partial charge in [0.25, 0.3) is 0 Å². The van der Waals surface area contributed by atoms with Crippen molar-refractivity contribution in [3.05, 3.63) is 193 Å². The molecule has 0 saturated heterocycles. The molecule has 10 aromatic rings. The number of benzene rings is 8. The predicted octanol–water partition coefficient (Wildman–Crippen LogP) is 14.7. The molecule has 10 rings (SSSR count). The lowest BCUT2D eigenvalue weighted by Gasteiger charge is -2.26. The second-order valence-corrected chi connectivity index (χ2v) is 14.7. The number of hydrogen-bond acceptors (Lipinski definition) is 2. The predicted molar refractivity (Wildman–Crippen MR) is 219 cm³/mol. The van der Waals surface area contributed by atoms with Crippen LogP contribution in [0, 0.1) is 29.1 Å². The number of para-hydroxylation sites is 2. The van der Waals surface area contributed by atoms with E-state index in [1.807, 2.05) is 53.4 Å². The fraction of sp³-hybridized carbons (Fsp3) is 0. The van der Waals surface area contributed by atoms with Crippen LogP contribution >= 0.6 is 11.3 Å². The highest BCUT2D eigenvalue weighted by molar-refractivity contribution is 7.25. The summed E-state index contributed by atoms with van der Waals surface area (Å²) in [6.45, 7) is 0. The number of nitrogens with zero attached hydrogens (tertiary/aromatic N) is 2. The van der Waals surface area contributed by atoms with Gasteiger partial charge in [-0.2, -0.15) is 0 Å². The van der Waals surface area contributed by atoms with Crippen LogP contribution in [0.4, 0.5) is 39.0 Å². The lowest BCUT2D eigenvalue weighted by molar-refractivity contribution is 0.381. The number of anilines is 3. The molecule has 2 aromatic heterocycles. The van der Waals surface area contributed by atoms with E-state index in [1.165, 1.54) is 17.5 Å². The van der Waals surface area contributed by atoms with Crippen LogP contribution in [0.25, 0.3) is 69.9 Å². The van der Waals surface area contributed by atoms with Gasteiger partial charge in [0.1, 0.15) is 0 Å². The highest BCUT2D eigenvalue weighted by Gasteiger charge is 2.27. The summed E-state index contributed by atoms with van der Waals surface area (Å²) < 4.78 is 76.3. The first-order valence-electron chi connectivity index (χ1n) is 17.9. The summed E-state index contributed by atoms with van der Waals surface area (Å²) in [4.78, 5) is 2.01. The van der Waals surface area contributed by atoms with Crippen LogP contribution in [-0.4, -0.2) is 4.57 Å². The van der Waals surface area contributed by atoms with E-state index in [1.54, 1.807) is 23.5 Å². The van der Waals surface area contributed by atoms with Crippen LogP contribution in [-0.2, 0) is 0 Å². The second kappa shape index (κ2) is 13.2. The number of halogens is 5. The molecule has 2 nitrogen and oxygen atoms in total. The summed E-state index contributed by atoms with van der Waals surface area (Å²) in [5.74, 6) is -9.91. The van der Waals surface area contributed by atoms with Crippen LogP contribution < -0.4 is 4.90 Å². The molecule has 8 heteroatoms. The molecule has 0 aliphatic carbocycles. The highest BCUT2D eigenvalue weighted by Crippen LogP contribution is 2.42. The molecule has 8 aromatic carbocycles. The molecule has 270 valence electrons. The van der Waals surface area contributed by atoms with Crippen molar-refractivity contribution in [1.29, 1.82) is 0 Å². The zero-order valence-electron chi connectivity index (χ0n) is 29.3. The lowest BCUT2D eigenvalue weighted by atomic mass is 10.0. The summed E-state index contributed by atoms with van der Waals surface area (Å²) in [5.41, 5.74) is 6.47. The Labute approximate surface area is 321 Å². The van der Waals surface area contributed by atoms with Gasteiger partial charge in [-0.1, -0.05) is 97.1 Å². The Balaban J connectivity index is 1.09. The van der Waals surface area contributed by atoms with E-state index in [2.05, 4.69) is 95.6 Å². The van der Waals surface area contributed by atoms with Gasteiger partial charge in [-0.3, -0.25) is 0 Å². The van der Waals surface area contributed by atoms with E-state index in [0.717, 1.165) is 64.8 Å². The lowest BCUT2D eigenvalue weighted by Crippen LogP contribution is -2.10. The minimum absolute atomic E-state index is 0.139. The third-order valence-electron chi connectivity index (χ3n) is 10.4. The fourth-order valence-electron chi connectivity index (χ4n) is 7.74. The summed E-state index contributed by atoms with van der Waals surface area (Å²) in [7, 11) is 0. The molecule has 0 spiro atoms. The zero-order valence-corrected chi connectivity index (χ0v) is 30.1. The van der Waals surface area contributed by atoms with Crippen molar-refractivity contribution in [3.63, 3.8) is 0 Å². The Morgan fingerprint density at radius 1 is 0.375 bits per heavy atom. The van der Waals surface area contributed by atoms with Gasteiger partial charge in [0.15, 0.2) is 23.3 Å². The maximum absolute atomic E-state index is 14.8. The van der Waals surface area contributed by atoms with Gasteiger partial charge in [0.2, 0.25) is 5.82 Å². The van der Waals surface area contributed by atoms with Gasteiger partial charge >= 0.3 is 0 Å². The van der Waals surface area contributed by atoms with Crippen LogP contribution in [0.15, 0.2) is 164 Å². The second-order valence-electron chi connectivity index (χ2n) is 13.6. The smallest absolute Gasteiger partial charge is 0.200 e. The highest BCUT2D eigenvalue weighted by atomic mass is 32.1. The first-order chi connectivity index (χ1) is 27.4. The van der Waals surface area contributed by atoms with Crippen molar-refractivity contribution >= 4 is 70.4 Å². The molecular formula is C48H27F5N2S. The van der Waals surface area contributed by atoms with Crippen molar-refractivity contribution in [2.45, 2.75) is 0 Å². The SMILES string of the molecule is Fc1c(F)c(F)c(-c2ccc(N(c3ccc(-c4ccc5c6ccccc6n(-c6ccccc6)c5c4)cc3)c3ccc4c(c3)sc3ccccc34)cc2)c(F)c1F. The van der Waals surface area contributed by atoms with E-state index in [0.29, 0.717) is 5.69 Å². The van der Waals surface area contributed by atoms with Gasteiger partial charge in [0.05, 0.1) is 16.6 Å². The van der Waals surface area contributed by atoms with Gasteiger partial charge in [-0.25, -0.2) is 22.0 Å². The first-order valence-corrected chi connectivity index (χ1v) is 18.7. The Hall–Kier alpha value is -6.77. The summed E-state index contributed by atoms with van der Waals surface area (Å²) in [6.07, 6.45) is 0. The van der Waals surface area contributed by atoms with Crippen molar-refractivity contribution in [1.82, 2.24) is 4.57 Å². The van der Waals surface area contributed by atoms with E-state index in [9.17, 15) is 22.0 Å². The van der Waals surface area contributed by atoms with Gasteiger partial charge < -0.3 is 9.47 Å². The summed E-state index contributed by atoms with van der Waals surface area (Å²) in [6, 6.07) is 53.7. The van der Waals surface area contributed by atoms with Gasteiger partial charge in [-0.05, 0) is 83.4 Å². The van der Waals surface area contributed by atoms with Gasteiger partial charge in [0, 0.05) is 53.7 Å². The molecule has 0 aliphatic rings. The minimum Gasteiger partial charge on any atom is -0.310 e. The average Bonchev–Trinajstić information content (AvgIpc) is 3.78. The molecule has 0 unspecified atom stereocenters. The third kappa shape index (κ3) is 5.36. The van der Waals surface area contributed by atoms with E-state index >= 15 is 0 Å². The molecule has 0 fully saturated rings. The quantitative estimate of drug-likeness (QED) is 0.0931. The number of fused-ring (bicyclic) bond motifs is 6. The van der Waals surface area contributed by atoms with E-state index in [-0.39, 0.29) is 5.56 Å². The fourth-order valence-corrected chi connectivity index (χ4v) is 8.88. The largest absolute Gasteiger partial charge is 0.310 e. The molecule has 0 aliphatic heterocycles. The Kier molecular flexibility index (Phi) is 7.97. The van der Waals surface area contributed by atoms with Crippen molar-refractivity contribution in [2.24, 2.45) is 0 Å². The van der Waals surface area contributed by atoms with Crippen molar-refractivity contribution in [2.75, 3.05) is 4.90 Å². The maximum Gasteiger partial charge on any atom is 0.200 e. The van der Waals surface area contributed by atoms with Crippen LogP contribution in [0.2, 0.25) is 0 Å². The number of hydrogen-bond donors (Lipinski definition) is 0. The van der Waals surface area contributed by atoms with Crippen LogP contribution in [0.3, 0.4) is 0 Å². The Morgan fingerprint density at radius 3 is 1.61 bits per heavy atom. The molecule has 0 amide bonds. The standard InChI is InChI=1S/C48H27F5N2S/c49-44-43(45(50)47(52)48(53)46(44)51)29-16-21-33(22-17-29)54(34-23-25-38-37-11-5-7-13-41(37)56-42(38)27-34)32-19-14-28(15-20-32)30-18-24-36-35-10-4-6-12-39(35)55(40(36)26-30)31-8-2-1-3-9-31/h1-27H. The Bertz CT molecular complexity index is 3100. The summed E-state index contributed by atoms with van der Waals surface area (Å²) >= 11 is 1.68. The van der Waals surface area contributed by atoms with Crippen molar-refractivity contribution < 1.29 is 22.0 Å². The average molecular weight is 759 g/mol. The van der Waals surface area contributed by atoms with Crippen molar-refractivity contribution in [3.8, 4) is 27.9 Å². The number of thiophene rings is 1. The van der Waals surface area contributed by atoms with Crippen LogP contribution in [0.5, 0.6) is 0 Å². The monoisotopic (exact) mass is 758 g/mol. The molecule has 0 saturated carbocycles. The van der Waals surface area contributed by atoms with Crippen LogP contribution in [0.1, 0.15) is 0 Å². The Morgan fingerprint density at radius 2 is 0.893 bits per heavy atom. The van der Waals surface area contributed by atoms with E-state index in [4.69, 9.17) is 0 Å². The third-order valence-corrected chi connectivity index (χ3v) is 11.5. The molecule has 0 atom stereocenters. The van der Waals surface area contributed by atoms with Gasteiger partial charge in [-0.15, -0.1) is 11.3 Å². The normalized spacial score (nSPS) is 11.7. The molecule has 0 bridgehead atoms. The zero-order chi connectivity index (χ0) is 38.1. The number of aromatic nitrogens is 1. The molecule has 0 N–H and O–H groups in total. The minimum atomic E-state index is -2.19. The first kappa shape index (κ1) is 33.8.